The molecule has 0 heterocycles. The number of hydrogen-bond donors (Lipinski definition) is 0. The summed E-state index contributed by atoms with van der Waals surface area (Å²) in [6, 6.07) is 0. The molecule has 0 aliphatic rings. The van der Waals surface area contributed by atoms with Crippen LogP contribution in [0.3, 0.4) is 0 Å². The summed E-state index contributed by atoms with van der Waals surface area (Å²) >= 11 is 0. The van der Waals surface area contributed by atoms with Crippen molar-refractivity contribution in [2.45, 2.75) is 13.8 Å². The average Bonchev–Trinajstić information content (AvgIpc) is 2.26. The molecule has 0 aromatic rings. The van der Waals surface area contributed by atoms with E-state index in [-0.39, 0.29) is 13.2 Å². The number of hydrogen-bond acceptors (Lipinski definition) is 4. The molecule has 0 saturated carbocycles. The summed E-state index contributed by atoms with van der Waals surface area (Å²) in [5.74, 6) is -1.14. The topological polar surface area (TPSA) is 52.6 Å². The monoisotopic (exact) mass is 224 g/mol. The van der Waals surface area contributed by atoms with Crippen LogP contribution < -0.4 is 0 Å². The summed E-state index contributed by atoms with van der Waals surface area (Å²) in [6.45, 7) is 7.52. The maximum atomic E-state index is 11.0. The molecular weight excluding hydrogens is 208 g/mol. The maximum absolute atomic E-state index is 11.0. The van der Waals surface area contributed by atoms with E-state index in [4.69, 9.17) is 4.74 Å². The Morgan fingerprint density at radius 1 is 1.19 bits per heavy atom. The van der Waals surface area contributed by atoms with Crippen LogP contribution >= 0.6 is 0 Å². The molecule has 0 bridgehead atoms. The van der Waals surface area contributed by atoms with E-state index in [9.17, 15) is 9.59 Å². The third kappa shape index (κ3) is 7.55. The van der Waals surface area contributed by atoms with Crippen molar-refractivity contribution in [3.05, 3.63) is 36.5 Å². The van der Waals surface area contributed by atoms with E-state index in [2.05, 4.69) is 11.3 Å². The minimum atomic E-state index is -0.582. The van der Waals surface area contributed by atoms with E-state index in [1.54, 1.807) is 19.1 Å². The molecule has 0 amide bonds. The van der Waals surface area contributed by atoms with E-state index < -0.39 is 11.9 Å². The minimum Gasteiger partial charge on any atom is -0.463 e. The fraction of sp³-hybridized carbons (Fsp3) is 0.333. The fourth-order valence-corrected chi connectivity index (χ4v) is 0.713. The lowest BCUT2D eigenvalue weighted by atomic mass is 10.3. The van der Waals surface area contributed by atoms with Crippen LogP contribution in [0.15, 0.2) is 36.5 Å². The molecule has 0 spiro atoms. The van der Waals surface area contributed by atoms with Crippen LogP contribution in [0.2, 0.25) is 0 Å². The van der Waals surface area contributed by atoms with Crippen LogP contribution in [0.4, 0.5) is 0 Å². The summed E-state index contributed by atoms with van der Waals surface area (Å²) in [4.78, 5) is 21.9. The average molecular weight is 224 g/mol. The Morgan fingerprint density at radius 2 is 1.75 bits per heavy atom. The molecule has 0 aromatic heterocycles. The SMILES string of the molecule is C=C/C(C)=C/COC(=O)/C=C/C(=O)OCC. The summed E-state index contributed by atoms with van der Waals surface area (Å²) < 4.78 is 9.38. The Morgan fingerprint density at radius 3 is 2.25 bits per heavy atom. The molecule has 0 aliphatic carbocycles. The Hall–Kier alpha value is -1.84. The molecule has 4 heteroatoms. The lowest BCUT2D eigenvalue weighted by Gasteiger charge is -1.98. The molecule has 88 valence electrons. The summed E-state index contributed by atoms with van der Waals surface area (Å²) in [6.07, 6.45) is 5.44. The Labute approximate surface area is 95.2 Å². The number of carbonyl (C=O) groups is 2. The summed E-state index contributed by atoms with van der Waals surface area (Å²) in [5, 5.41) is 0. The molecule has 0 radical (unpaired) electrons. The summed E-state index contributed by atoms with van der Waals surface area (Å²) in [7, 11) is 0. The van der Waals surface area contributed by atoms with Gasteiger partial charge in [-0.15, -0.1) is 0 Å². The predicted molar refractivity (Wildman–Crippen MR) is 60.7 cm³/mol. The van der Waals surface area contributed by atoms with Crippen LogP contribution in [0.5, 0.6) is 0 Å². The highest BCUT2D eigenvalue weighted by Gasteiger charge is 1.98. The van der Waals surface area contributed by atoms with Crippen molar-refractivity contribution < 1.29 is 19.1 Å². The first kappa shape index (κ1) is 14.2. The molecule has 0 atom stereocenters. The van der Waals surface area contributed by atoms with Crippen molar-refractivity contribution in [1.29, 1.82) is 0 Å². The first-order valence-electron chi connectivity index (χ1n) is 4.91. The lowest BCUT2D eigenvalue weighted by Crippen LogP contribution is -2.04. The fourth-order valence-electron chi connectivity index (χ4n) is 0.713. The first-order valence-corrected chi connectivity index (χ1v) is 4.91. The van der Waals surface area contributed by atoms with Gasteiger partial charge in [-0.25, -0.2) is 9.59 Å². The van der Waals surface area contributed by atoms with Crippen LogP contribution in [0, 0.1) is 0 Å². The van der Waals surface area contributed by atoms with Crippen molar-refractivity contribution in [3.8, 4) is 0 Å². The van der Waals surface area contributed by atoms with Gasteiger partial charge in [0.2, 0.25) is 0 Å². The maximum Gasteiger partial charge on any atom is 0.331 e. The molecule has 4 nitrogen and oxygen atoms in total. The first-order chi connectivity index (χ1) is 7.60. The van der Waals surface area contributed by atoms with Crippen LogP contribution in [-0.2, 0) is 19.1 Å². The van der Waals surface area contributed by atoms with Crippen molar-refractivity contribution in [1.82, 2.24) is 0 Å². The summed E-state index contributed by atoms with van der Waals surface area (Å²) in [5.41, 5.74) is 0.919. The zero-order valence-electron chi connectivity index (χ0n) is 9.56. The van der Waals surface area contributed by atoms with Gasteiger partial charge in [-0.1, -0.05) is 18.2 Å². The number of rotatable bonds is 6. The van der Waals surface area contributed by atoms with Gasteiger partial charge in [0.1, 0.15) is 6.61 Å². The zero-order valence-corrected chi connectivity index (χ0v) is 9.56. The van der Waals surface area contributed by atoms with Gasteiger partial charge in [0.05, 0.1) is 6.61 Å². The van der Waals surface area contributed by atoms with Crippen molar-refractivity contribution in [2.75, 3.05) is 13.2 Å². The van der Waals surface area contributed by atoms with Gasteiger partial charge in [0.15, 0.2) is 0 Å². The van der Waals surface area contributed by atoms with Gasteiger partial charge in [0.25, 0.3) is 0 Å². The molecule has 0 rings (SSSR count). The third-order valence-electron chi connectivity index (χ3n) is 1.59. The predicted octanol–water partition coefficient (Wildman–Crippen LogP) is 1.78. The van der Waals surface area contributed by atoms with Gasteiger partial charge < -0.3 is 9.47 Å². The second-order valence-corrected chi connectivity index (χ2v) is 2.87. The molecule has 0 aliphatic heterocycles. The highest BCUT2D eigenvalue weighted by molar-refractivity contribution is 5.91. The molecule has 0 N–H and O–H groups in total. The van der Waals surface area contributed by atoms with Crippen LogP contribution in [0.25, 0.3) is 0 Å². The van der Waals surface area contributed by atoms with Gasteiger partial charge in [-0.05, 0) is 19.9 Å². The van der Waals surface area contributed by atoms with Crippen molar-refractivity contribution in [3.63, 3.8) is 0 Å². The van der Waals surface area contributed by atoms with Crippen molar-refractivity contribution >= 4 is 11.9 Å². The number of esters is 2. The Balaban J connectivity index is 3.91. The Kier molecular flexibility index (Phi) is 7.49. The van der Waals surface area contributed by atoms with E-state index >= 15 is 0 Å². The van der Waals surface area contributed by atoms with E-state index in [1.807, 2.05) is 6.92 Å². The van der Waals surface area contributed by atoms with Gasteiger partial charge >= 0.3 is 11.9 Å². The number of carbonyl (C=O) groups excluding carboxylic acids is 2. The largest absolute Gasteiger partial charge is 0.463 e. The minimum absolute atomic E-state index is 0.157. The van der Waals surface area contributed by atoms with Gasteiger partial charge in [0, 0.05) is 12.2 Å². The molecule has 0 saturated heterocycles. The highest BCUT2D eigenvalue weighted by atomic mass is 16.5. The third-order valence-corrected chi connectivity index (χ3v) is 1.59. The normalized spacial score (nSPS) is 11.2. The van der Waals surface area contributed by atoms with E-state index in [1.165, 1.54) is 0 Å². The smallest absolute Gasteiger partial charge is 0.331 e. The quantitative estimate of drug-likeness (QED) is 0.392. The molecule has 16 heavy (non-hydrogen) atoms. The van der Waals surface area contributed by atoms with Gasteiger partial charge in [-0.3, -0.25) is 0 Å². The van der Waals surface area contributed by atoms with Crippen LogP contribution in [0.1, 0.15) is 13.8 Å². The lowest BCUT2D eigenvalue weighted by molar-refractivity contribution is -0.139. The van der Waals surface area contributed by atoms with Crippen molar-refractivity contribution in [2.24, 2.45) is 0 Å². The molecular formula is C12H16O4. The zero-order chi connectivity index (χ0) is 12.4. The number of allylic oxidation sites excluding steroid dienone is 2. The highest BCUT2D eigenvalue weighted by Crippen LogP contribution is 1.93. The van der Waals surface area contributed by atoms with Crippen LogP contribution in [-0.4, -0.2) is 25.2 Å². The second-order valence-electron chi connectivity index (χ2n) is 2.87. The van der Waals surface area contributed by atoms with E-state index in [0.717, 1.165) is 17.7 Å². The van der Waals surface area contributed by atoms with E-state index in [0.29, 0.717) is 0 Å². The molecule has 0 aromatic carbocycles. The molecule has 0 fully saturated rings. The molecule has 0 unspecified atom stereocenters. The van der Waals surface area contributed by atoms with Gasteiger partial charge in [-0.2, -0.15) is 0 Å². The Bertz CT molecular complexity index is 313. The number of ether oxygens (including phenoxy) is 2. The second kappa shape index (κ2) is 8.47. The standard InChI is InChI=1S/C12H16O4/c1-4-10(3)8-9-16-12(14)7-6-11(13)15-5-2/h4,6-8H,1,5,9H2,2-3H3/b7-6+,10-8+.